The van der Waals surface area contributed by atoms with Crippen LogP contribution in [0.4, 0.5) is 0 Å². The van der Waals surface area contributed by atoms with Crippen LogP contribution in [0, 0.1) is 19.8 Å². The second kappa shape index (κ2) is 5.11. The molecule has 98 valence electrons. The number of carbonyl (C=O) groups is 1. The number of hydrogen-bond acceptors (Lipinski definition) is 2. The Bertz CT molecular complexity index is 436. The molecule has 2 atom stereocenters. The van der Waals surface area contributed by atoms with Crippen molar-refractivity contribution < 1.29 is 9.90 Å². The summed E-state index contributed by atoms with van der Waals surface area (Å²) in [4.78, 5) is 13.3. The Kier molecular flexibility index (Phi) is 3.71. The molecule has 0 aromatic heterocycles. The highest BCUT2D eigenvalue weighted by atomic mass is 16.4. The van der Waals surface area contributed by atoms with Crippen LogP contribution in [0.5, 0.6) is 0 Å². The number of likely N-dealkylation sites (tertiary alicyclic amines) is 1. The van der Waals surface area contributed by atoms with Crippen LogP contribution in [-0.4, -0.2) is 29.1 Å². The fraction of sp³-hybridized carbons (Fsp3) is 0.533. The Hall–Kier alpha value is -1.35. The summed E-state index contributed by atoms with van der Waals surface area (Å²) in [5.41, 5.74) is 3.83. The zero-order valence-electron chi connectivity index (χ0n) is 11.3. The topological polar surface area (TPSA) is 40.5 Å². The average molecular weight is 247 g/mol. The highest BCUT2D eigenvalue weighted by molar-refractivity contribution is 5.70. The molecule has 2 rings (SSSR count). The van der Waals surface area contributed by atoms with Crippen LogP contribution in [0.25, 0.3) is 0 Å². The molecule has 2 unspecified atom stereocenters. The maximum absolute atomic E-state index is 11.0. The van der Waals surface area contributed by atoms with E-state index in [-0.39, 0.29) is 5.92 Å². The Labute approximate surface area is 108 Å². The maximum Gasteiger partial charge on any atom is 0.307 e. The first-order valence-electron chi connectivity index (χ1n) is 6.52. The van der Waals surface area contributed by atoms with E-state index in [9.17, 15) is 4.79 Å². The van der Waals surface area contributed by atoms with E-state index < -0.39 is 5.97 Å². The lowest BCUT2D eigenvalue weighted by molar-refractivity contribution is -0.141. The van der Waals surface area contributed by atoms with Crippen LogP contribution < -0.4 is 0 Å². The van der Waals surface area contributed by atoms with Crippen LogP contribution in [0.1, 0.15) is 36.1 Å². The first-order chi connectivity index (χ1) is 8.47. The molecule has 1 aromatic carbocycles. The van der Waals surface area contributed by atoms with Crippen molar-refractivity contribution in [3.63, 3.8) is 0 Å². The van der Waals surface area contributed by atoms with Gasteiger partial charge in [-0.05, 0) is 39.3 Å². The molecule has 1 fully saturated rings. The molecule has 0 bridgehead atoms. The molecular weight excluding hydrogens is 226 g/mol. The standard InChI is InChI=1S/C15H21NO2/c1-10-6-11(2)8-14(7-10)12(3)16-5-4-13(9-16)15(17)18/h6-8,12-13H,4-5,9H2,1-3H3,(H,17,18). The summed E-state index contributed by atoms with van der Waals surface area (Å²) in [5.74, 6) is -0.858. The van der Waals surface area contributed by atoms with E-state index in [4.69, 9.17) is 5.11 Å². The molecule has 0 saturated carbocycles. The van der Waals surface area contributed by atoms with E-state index in [2.05, 4.69) is 43.9 Å². The van der Waals surface area contributed by atoms with Crippen molar-refractivity contribution in [2.24, 2.45) is 5.92 Å². The van der Waals surface area contributed by atoms with Crippen molar-refractivity contribution >= 4 is 5.97 Å². The number of nitrogens with zero attached hydrogens (tertiary/aromatic N) is 1. The van der Waals surface area contributed by atoms with Crippen molar-refractivity contribution in [2.75, 3.05) is 13.1 Å². The van der Waals surface area contributed by atoms with Gasteiger partial charge < -0.3 is 5.11 Å². The van der Waals surface area contributed by atoms with E-state index in [1.807, 2.05) is 0 Å². The van der Waals surface area contributed by atoms with Gasteiger partial charge in [-0.3, -0.25) is 9.69 Å². The molecule has 1 aromatic rings. The number of hydrogen-bond donors (Lipinski definition) is 1. The second-order valence-electron chi connectivity index (χ2n) is 5.42. The molecule has 0 amide bonds. The van der Waals surface area contributed by atoms with Gasteiger partial charge in [0.15, 0.2) is 0 Å². The summed E-state index contributed by atoms with van der Waals surface area (Å²) >= 11 is 0. The SMILES string of the molecule is Cc1cc(C)cc(C(C)N2CCC(C(=O)O)C2)c1. The summed E-state index contributed by atoms with van der Waals surface area (Å²) in [6.45, 7) is 7.92. The molecule has 1 aliphatic heterocycles. The summed E-state index contributed by atoms with van der Waals surface area (Å²) in [6.07, 6.45) is 0.768. The first kappa shape index (κ1) is 13.1. The Balaban J connectivity index is 2.12. The number of benzene rings is 1. The van der Waals surface area contributed by atoms with Crippen LogP contribution >= 0.6 is 0 Å². The summed E-state index contributed by atoms with van der Waals surface area (Å²) in [6, 6.07) is 6.87. The largest absolute Gasteiger partial charge is 0.481 e. The quantitative estimate of drug-likeness (QED) is 0.893. The molecule has 1 N–H and O–H groups in total. The van der Waals surface area contributed by atoms with Crippen LogP contribution in [0.2, 0.25) is 0 Å². The minimum atomic E-state index is -0.662. The van der Waals surface area contributed by atoms with Crippen molar-refractivity contribution in [2.45, 2.75) is 33.2 Å². The van der Waals surface area contributed by atoms with Crippen molar-refractivity contribution in [3.8, 4) is 0 Å². The van der Waals surface area contributed by atoms with E-state index in [1.54, 1.807) is 0 Å². The summed E-state index contributed by atoms with van der Waals surface area (Å²) in [5, 5.41) is 9.04. The fourth-order valence-electron chi connectivity index (χ4n) is 2.80. The van der Waals surface area contributed by atoms with Gasteiger partial charge in [-0.15, -0.1) is 0 Å². The molecule has 3 nitrogen and oxygen atoms in total. The normalized spacial score (nSPS) is 22.1. The van der Waals surface area contributed by atoms with Crippen molar-refractivity contribution in [1.82, 2.24) is 4.90 Å². The van der Waals surface area contributed by atoms with E-state index in [0.29, 0.717) is 12.6 Å². The number of aliphatic carboxylic acids is 1. The van der Waals surface area contributed by atoms with Gasteiger partial charge in [0, 0.05) is 12.6 Å². The number of carboxylic acids is 1. The smallest absolute Gasteiger partial charge is 0.307 e. The van der Waals surface area contributed by atoms with Gasteiger partial charge in [0.1, 0.15) is 0 Å². The number of carboxylic acid groups (broad SMARTS) is 1. The predicted molar refractivity (Wildman–Crippen MR) is 71.6 cm³/mol. The maximum atomic E-state index is 11.0. The molecular formula is C15H21NO2. The number of rotatable bonds is 3. The minimum Gasteiger partial charge on any atom is -0.481 e. The van der Waals surface area contributed by atoms with E-state index in [0.717, 1.165) is 13.0 Å². The first-order valence-corrected chi connectivity index (χ1v) is 6.52. The monoisotopic (exact) mass is 247 g/mol. The zero-order chi connectivity index (χ0) is 13.3. The third-order valence-electron chi connectivity index (χ3n) is 3.84. The minimum absolute atomic E-state index is 0.196. The van der Waals surface area contributed by atoms with Gasteiger partial charge >= 0.3 is 5.97 Å². The van der Waals surface area contributed by atoms with E-state index >= 15 is 0 Å². The summed E-state index contributed by atoms with van der Waals surface area (Å²) in [7, 11) is 0. The van der Waals surface area contributed by atoms with Crippen molar-refractivity contribution in [3.05, 3.63) is 34.9 Å². The molecule has 1 saturated heterocycles. The zero-order valence-corrected chi connectivity index (χ0v) is 11.3. The lowest BCUT2D eigenvalue weighted by Crippen LogP contribution is -2.26. The molecule has 3 heteroatoms. The highest BCUT2D eigenvalue weighted by Crippen LogP contribution is 2.28. The van der Waals surface area contributed by atoms with Gasteiger partial charge in [0.25, 0.3) is 0 Å². The van der Waals surface area contributed by atoms with Crippen LogP contribution in [0.3, 0.4) is 0 Å². The van der Waals surface area contributed by atoms with Crippen LogP contribution in [0.15, 0.2) is 18.2 Å². The molecule has 0 radical (unpaired) electrons. The lowest BCUT2D eigenvalue weighted by Gasteiger charge is -2.25. The molecule has 1 heterocycles. The lowest BCUT2D eigenvalue weighted by atomic mass is 10.0. The fourth-order valence-corrected chi connectivity index (χ4v) is 2.80. The predicted octanol–water partition coefficient (Wildman–Crippen LogP) is 2.77. The molecule has 0 spiro atoms. The van der Waals surface area contributed by atoms with Gasteiger partial charge in [-0.2, -0.15) is 0 Å². The average Bonchev–Trinajstić information content (AvgIpc) is 2.75. The Morgan fingerprint density at radius 1 is 1.33 bits per heavy atom. The highest BCUT2D eigenvalue weighted by Gasteiger charge is 2.30. The van der Waals surface area contributed by atoms with Crippen LogP contribution in [-0.2, 0) is 4.79 Å². The molecule has 18 heavy (non-hydrogen) atoms. The third-order valence-corrected chi connectivity index (χ3v) is 3.84. The molecule has 1 aliphatic rings. The number of aryl methyl sites for hydroxylation is 2. The van der Waals surface area contributed by atoms with E-state index in [1.165, 1.54) is 16.7 Å². The summed E-state index contributed by atoms with van der Waals surface area (Å²) < 4.78 is 0. The Morgan fingerprint density at radius 2 is 1.94 bits per heavy atom. The van der Waals surface area contributed by atoms with Gasteiger partial charge in [0.05, 0.1) is 5.92 Å². The van der Waals surface area contributed by atoms with Gasteiger partial charge in [-0.25, -0.2) is 0 Å². The molecule has 0 aliphatic carbocycles. The van der Waals surface area contributed by atoms with Crippen molar-refractivity contribution in [1.29, 1.82) is 0 Å². The van der Waals surface area contributed by atoms with Gasteiger partial charge in [-0.1, -0.05) is 29.3 Å². The van der Waals surface area contributed by atoms with Gasteiger partial charge in [0.2, 0.25) is 0 Å². The Morgan fingerprint density at radius 3 is 2.44 bits per heavy atom. The third kappa shape index (κ3) is 2.72. The second-order valence-corrected chi connectivity index (χ2v) is 5.42.